The molecule has 0 aliphatic heterocycles. The number of aliphatic hydroxyl groups excluding tert-OH is 1. The predicted octanol–water partition coefficient (Wildman–Crippen LogP) is 22.6. The topological polar surface area (TPSA) is 237 Å². The van der Waals surface area contributed by atoms with Crippen LogP contribution in [0.3, 0.4) is 0 Å². The third kappa shape index (κ3) is 72.1. The van der Waals surface area contributed by atoms with E-state index in [1.807, 2.05) is 12.2 Å². The Morgan fingerprint density at radius 1 is 0.290 bits per heavy atom. The molecule has 0 saturated heterocycles. The minimum Gasteiger partial charge on any atom is -0.462 e. The number of hydrogen-bond donors (Lipinski definition) is 3. The highest BCUT2D eigenvalue weighted by Gasteiger charge is 2.30. The number of carbonyl (C=O) groups excluding carboxylic acids is 4. The largest absolute Gasteiger partial charge is 0.472 e. The standard InChI is InChI=1S/C81H140O17P2/c1-5-9-13-17-21-25-29-32-35-37-40-42-46-49-53-57-61-65-78(83)91-71-76(97-80(85)67-63-59-55-51-45-28-24-20-16-12-8-4)73-95-99(87,88)93-69-75(82)70-94-100(89,90)96-74-77(98-81(86)68-64-60-56-52-48-44-39-34-31-27-23-19-15-11-7-3)72-92-79(84)66-62-58-54-50-47-43-41-38-36-33-30-26-22-18-14-10-6-2/h9-10,13-14,20-22,24-26,32-33,35-36,40,42,49,53,75-77,82H,5-8,11-12,15-19,23,27-31,34,37-39,41,43-48,50-52,54-74H2,1-4H3,(H,87,88)(H,89,90)/b13-9-,14-10-,24-20-,25-21-,26-22-,35-32-,36-33-,42-40-,53-49-. The Labute approximate surface area is 607 Å². The van der Waals surface area contributed by atoms with Crippen LogP contribution in [-0.2, 0) is 65.4 Å². The summed E-state index contributed by atoms with van der Waals surface area (Å²) in [5, 5.41) is 10.6. The Hall–Kier alpha value is -4.28. The Balaban J connectivity index is 5.36. The molecule has 576 valence electrons. The lowest BCUT2D eigenvalue weighted by Crippen LogP contribution is -2.30. The first-order chi connectivity index (χ1) is 48.7. The third-order valence-electron chi connectivity index (χ3n) is 16.2. The molecule has 100 heavy (non-hydrogen) atoms. The first-order valence-corrected chi connectivity index (χ1v) is 42.1. The van der Waals surface area contributed by atoms with Crippen LogP contribution >= 0.6 is 15.6 Å². The van der Waals surface area contributed by atoms with Crippen LogP contribution in [0.1, 0.15) is 323 Å². The van der Waals surface area contributed by atoms with Crippen LogP contribution in [0.15, 0.2) is 109 Å². The van der Waals surface area contributed by atoms with Gasteiger partial charge in [-0.05, 0) is 116 Å². The van der Waals surface area contributed by atoms with Crippen molar-refractivity contribution in [3.05, 3.63) is 109 Å². The van der Waals surface area contributed by atoms with E-state index in [1.54, 1.807) is 0 Å². The van der Waals surface area contributed by atoms with E-state index < -0.39 is 97.5 Å². The molecule has 0 saturated carbocycles. The second-order valence-corrected chi connectivity index (χ2v) is 28.8. The number of allylic oxidation sites excluding steroid dienone is 18. The molecular weight excluding hydrogens is 1310 g/mol. The van der Waals surface area contributed by atoms with Crippen molar-refractivity contribution in [1.82, 2.24) is 0 Å². The normalized spacial score (nSPS) is 14.5. The molecule has 0 fully saturated rings. The lowest BCUT2D eigenvalue weighted by Gasteiger charge is -2.21. The van der Waals surface area contributed by atoms with Crippen molar-refractivity contribution in [1.29, 1.82) is 0 Å². The molecule has 3 N–H and O–H groups in total. The number of ether oxygens (including phenoxy) is 4. The summed E-state index contributed by atoms with van der Waals surface area (Å²) < 4.78 is 68.5. The Morgan fingerprint density at radius 3 is 0.880 bits per heavy atom. The fourth-order valence-corrected chi connectivity index (χ4v) is 11.9. The molecule has 0 amide bonds. The second kappa shape index (κ2) is 73.0. The van der Waals surface area contributed by atoms with Crippen molar-refractivity contribution in [3.63, 3.8) is 0 Å². The number of unbranched alkanes of at least 4 members (excludes halogenated alkanes) is 29. The zero-order chi connectivity index (χ0) is 73.2. The van der Waals surface area contributed by atoms with Gasteiger partial charge in [-0.1, -0.05) is 291 Å². The molecule has 0 bridgehead atoms. The van der Waals surface area contributed by atoms with E-state index >= 15 is 0 Å². The highest BCUT2D eigenvalue weighted by molar-refractivity contribution is 7.47. The van der Waals surface area contributed by atoms with Crippen LogP contribution in [0.5, 0.6) is 0 Å². The summed E-state index contributed by atoms with van der Waals surface area (Å²) in [5.74, 6) is -2.25. The summed E-state index contributed by atoms with van der Waals surface area (Å²) in [6.45, 7) is 4.55. The van der Waals surface area contributed by atoms with Crippen LogP contribution in [-0.4, -0.2) is 96.7 Å². The van der Waals surface area contributed by atoms with E-state index in [9.17, 15) is 43.2 Å². The van der Waals surface area contributed by atoms with Crippen molar-refractivity contribution in [2.24, 2.45) is 0 Å². The van der Waals surface area contributed by atoms with Gasteiger partial charge >= 0.3 is 39.5 Å². The van der Waals surface area contributed by atoms with E-state index in [4.69, 9.17) is 37.0 Å². The van der Waals surface area contributed by atoms with Crippen LogP contribution in [0.25, 0.3) is 0 Å². The lowest BCUT2D eigenvalue weighted by atomic mass is 10.0. The van der Waals surface area contributed by atoms with E-state index in [0.29, 0.717) is 32.1 Å². The molecule has 0 radical (unpaired) electrons. The second-order valence-electron chi connectivity index (χ2n) is 25.9. The highest BCUT2D eigenvalue weighted by Crippen LogP contribution is 2.45. The van der Waals surface area contributed by atoms with E-state index in [2.05, 4.69) is 125 Å². The summed E-state index contributed by atoms with van der Waals surface area (Å²) in [4.78, 5) is 72.9. The maximum atomic E-state index is 13.1. The van der Waals surface area contributed by atoms with Gasteiger partial charge in [-0.25, -0.2) is 9.13 Å². The number of hydrogen-bond acceptors (Lipinski definition) is 15. The maximum absolute atomic E-state index is 13.1. The molecule has 0 aromatic heterocycles. The molecule has 0 rings (SSSR count). The van der Waals surface area contributed by atoms with Gasteiger partial charge in [0.05, 0.1) is 26.4 Å². The number of phosphoric ester groups is 2. The lowest BCUT2D eigenvalue weighted by molar-refractivity contribution is -0.161. The van der Waals surface area contributed by atoms with E-state index in [-0.39, 0.29) is 25.7 Å². The zero-order valence-corrected chi connectivity index (χ0v) is 64.6. The van der Waals surface area contributed by atoms with Gasteiger partial charge in [0.25, 0.3) is 0 Å². The van der Waals surface area contributed by atoms with Gasteiger partial charge in [0.15, 0.2) is 12.2 Å². The summed E-state index contributed by atoms with van der Waals surface area (Å²) >= 11 is 0. The van der Waals surface area contributed by atoms with Gasteiger partial charge < -0.3 is 33.8 Å². The van der Waals surface area contributed by atoms with Gasteiger partial charge in [-0.15, -0.1) is 0 Å². The number of carbonyl (C=O) groups is 4. The van der Waals surface area contributed by atoms with Crippen LogP contribution < -0.4 is 0 Å². The molecule has 0 aliphatic rings. The van der Waals surface area contributed by atoms with Gasteiger partial charge in [0.2, 0.25) is 0 Å². The smallest absolute Gasteiger partial charge is 0.462 e. The Kier molecular flexibility index (Phi) is 69.9. The van der Waals surface area contributed by atoms with Gasteiger partial charge in [-0.3, -0.25) is 37.3 Å². The summed E-state index contributed by atoms with van der Waals surface area (Å²) in [6.07, 6.45) is 78.0. The van der Waals surface area contributed by atoms with Gasteiger partial charge in [0, 0.05) is 25.7 Å². The maximum Gasteiger partial charge on any atom is 0.472 e. The van der Waals surface area contributed by atoms with Crippen LogP contribution in [0.2, 0.25) is 0 Å². The number of rotatable bonds is 73. The number of esters is 4. The molecule has 19 heteroatoms. The van der Waals surface area contributed by atoms with Crippen LogP contribution in [0.4, 0.5) is 0 Å². The molecule has 0 aromatic carbocycles. The molecule has 0 heterocycles. The summed E-state index contributed by atoms with van der Waals surface area (Å²) in [5.41, 5.74) is 0. The fraction of sp³-hybridized carbons (Fsp3) is 0.728. The monoisotopic (exact) mass is 1450 g/mol. The van der Waals surface area contributed by atoms with E-state index in [0.717, 1.165) is 161 Å². The molecule has 5 unspecified atom stereocenters. The Morgan fingerprint density at radius 2 is 0.540 bits per heavy atom. The number of aliphatic hydroxyl groups is 1. The summed E-state index contributed by atoms with van der Waals surface area (Å²) in [6, 6.07) is 0. The fourth-order valence-electron chi connectivity index (χ4n) is 10.3. The van der Waals surface area contributed by atoms with Crippen molar-refractivity contribution in [2.75, 3.05) is 39.6 Å². The first kappa shape index (κ1) is 95.7. The van der Waals surface area contributed by atoms with Crippen molar-refractivity contribution >= 4 is 39.5 Å². The molecule has 5 atom stereocenters. The van der Waals surface area contributed by atoms with Gasteiger partial charge in [0.1, 0.15) is 19.3 Å². The van der Waals surface area contributed by atoms with Crippen molar-refractivity contribution < 1.29 is 80.2 Å². The zero-order valence-electron chi connectivity index (χ0n) is 62.8. The Bertz CT molecular complexity index is 2320. The third-order valence-corrected chi connectivity index (χ3v) is 18.1. The quantitative estimate of drug-likeness (QED) is 0.0169. The molecule has 0 aromatic rings. The molecule has 0 aliphatic carbocycles. The minimum atomic E-state index is -4.99. The number of phosphoric acid groups is 2. The molecule has 0 spiro atoms. The SMILES string of the molecule is CC/C=C\C/C=C\C/C=C\C/C=C\C/C=C\CCCC(=O)OCC(COP(=O)(O)OCC(O)COP(=O)(O)OCC(COC(=O)CCCCCCCCC/C=C\C/C=C\C/C=C\CC)OC(=O)CCCCCCCCCCCCCCCCC)OC(=O)CCCCCCC/C=C\CCCC. The predicted molar refractivity (Wildman–Crippen MR) is 408 cm³/mol. The summed E-state index contributed by atoms with van der Waals surface area (Å²) in [7, 11) is -9.97. The van der Waals surface area contributed by atoms with E-state index in [1.165, 1.54) is 77.0 Å². The van der Waals surface area contributed by atoms with Crippen LogP contribution in [0, 0.1) is 0 Å². The minimum absolute atomic E-state index is 0.0715. The molecule has 17 nitrogen and oxygen atoms in total. The highest BCUT2D eigenvalue weighted by atomic mass is 31.2. The van der Waals surface area contributed by atoms with Crippen molar-refractivity contribution in [2.45, 2.75) is 341 Å². The first-order valence-electron chi connectivity index (χ1n) is 39.1. The average molecular weight is 1450 g/mol. The average Bonchev–Trinajstić information content (AvgIpc) is 0.989. The van der Waals surface area contributed by atoms with Crippen molar-refractivity contribution in [3.8, 4) is 0 Å². The molecular formula is C81H140O17P2. The van der Waals surface area contributed by atoms with Gasteiger partial charge in [-0.2, -0.15) is 0 Å².